The number of hydrogen-bond acceptors (Lipinski definition) is 9. The molecule has 1 fully saturated rings. The monoisotopic (exact) mass is 470 g/mol. The lowest BCUT2D eigenvalue weighted by molar-refractivity contribution is 0.0529. The summed E-state index contributed by atoms with van der Waals surface area (Å²) in [6.45, 7) is 4.62. The smallest absolute Gasteiger partial charge is 0.339 e. The minimum Gasteiger partial charge on any atom is -0.497 e. The molecule has 1 aromatic carbocycles. The van der Waals surface area contributed by atoms with Gasteiger partial charge in [0, 0.05) is 38.1 Å². The Labute approximate surface area is 195 Å². The van der Waals surface area contributed by atoms with Gasteiger partial charge in [-0.25, -0.2) is 14.6 Å². The molecular formula is C22H26N6O4S. The van der Waals surface area contributed by atoms with Gasteiger partial charge in [-0.15, -0.1) is 11.3 Å². The molecule has 10 nitrogen and oxygen atoms in total. The van der Waals surface area contributed by atoms with Crippen molar-refractivity contribution in [2.75, 3.05) is 50.5 Å². The Morgan fingerprint density at radius 2 is 1.88 bits per heavy atom. The number of carbonyl (C=O) groups is 2. The van der Waals surface area contributed by atoms with Gasteiger partial charge in [-0.1, -0.05) is 12.1 Å². The summed E-state index contributed by atoms with van der Waals surface area (Å²) < 4.78 is 10.3. The molecule has 3 N–H and O–H groups in total. The van der Waals surface area contributed by atoms with Gasteiger partial charge in [0.15, 0.2) is 0 Å². The van der Waals surface area contributed by atoms with E-state index in [1.54, 1.807) is 24.3 Å². The van der Waals surface area contributed by atoms with Crippen LogP contribution in [-0.2, 0) is 11.3 Å². The number of carbonyl (C=O) groups excluding carboxylic acids is 2. The minimum atomic E-state index is -0.407. The van der Waals surface area contributed by atoms with E-state index in [0.717, 1.165) is 11.3 Å². The molecule has 0 saturated carbocycles. The van der Waals surface area contributed by atoms with Crippen LogP contribution >= 0.6 is 11.3 Å². The predicted molar refractivity (Wildman–Crippen MR) is 127 cm³/mol. The number of nitrogens with zero attached hydrogens (tertiary/aromatic N) is 4. The molecule has 0 aliphatic carbocycles. The first-order chi connectivity index (χ1) is 16.0. The number of anilines is 2. The highest BCUT2D eigenvalue weighted by Gasteiger charge is 2.26. The summed E-state index contributed by atoms with van der Waals surface area (Å²) >= 11 is 1.33. The topological polar surface area (TPSA) is 123 Å². The van der Waals surface area contributed by atoms with E-state index in [4.69, 9.17) is 15.2 Å². The van der Waals surface area contributed by atoms with Gasteiger partial charge >= 0.3 is 12.0 Å². The molecule has 3 aromatic rings. The number of rotatable bonds is 6. The van der Waals surface area contributed by atoms with Crippen molar-refractivity contribution in [1.29, 1.82) is 0 Å². The van der Waals surface area contributed by atoms with Crippen molar-refractivity contribution in [2.24, 2.45) is 0 Å². The fourth-order valence-corrected chi connectivity index (χ4v) is 4.59. The number of hydrogen-bond donors (Lipinski definition) is 2. The van der Waals surface area contributed by atoms with Crippen molar-refractivity contribution in [3.63, 3.8) is 0 Å². The van der Waals surface area contributed by atoms with Gasteiger partial charge in [0.05, 0.1) is 24.7 Å². The fraction of sp³-hybridized carbons (Fsp3) is 0.364. The number of ether oxygens (including phenoxy) is 2. The number of thiophene rings is 1. The number of nitrogens with one attached hydrogen (secondary N) is 1. The largest absolute Gasteiger partial charge is 0.497 e. The van der Waals surface area contributed by atoms with Gasteiger partial charge in [0.1, 0.15) is 16.4 Å². The van der Waals surface area contributed by atoms with Crippen molar-refractivity contribution in [2.45, 2.75) is 13.5 Å². The molecular weight excluding hydrogens is 444 g/mol. The number of piperazine rings is 1. The maximum absolute atomic E-state index is 12.6. The van der Waals surface area contributed by atoms with Crippen molar-refractivity contribution in [3.8, 4) is 5.75 Å². The summed E-state index contributed by atoms with van der Waals surface area (Å²) in [5, 5.41) is 5.32. The molecule has 174 valence electrons. The normalized spacial score (nSPS) is 13.8. The van der Waals surface area contributed by atoms with Crippen LogP contribution in [0.3, 0.4) is 0 Å². The van der Waals surface area contributed by atoms with Crippen LogP contribution in [0.4, 0.5) is 16.6 Å². The van der Waals surface area contributed by atoms with Gasteiger partial charge in [0.2, 0.25) is 5.95 Å². The number of methoxy groups -OCH3 is 1. The molecule has 0 radical (unpaired) electrons. The molecule has 2 amide bonds. The zero-order valence-electron chi connectivity index (χ0n) is 18.5. The van der Waals surface area contributed by atoms with Crippen LogP contribution in [0.25, 0.3) is 10.2 Å². The zero-order chi connectivity index (χ0) is 23.4. The number of amides is 2. The first-order valence-electron chi connectivity index (χ1n) is 10.6. The number of esters is 1. The van der Waals surface area contributed by atoms with Gasteiger partial charge in [-0.3, -0.25) is 0 Å². The number of aromatic nitrogens is 2. The Hall–Kier alpha value is -3.60. The Morgan fingerprint density at radius 3 is 2.55 bits per heavy atom. The van der Waals surface area contributed by atoms with Crippen LogP contribution in [-0.4, -0.2) is 66.8 Å². The number of fused-ring (bicyclic) bond motifs is 1. The van der Waals surface area contributed by atoms with Crippen molar-refractivity contribution >= 4 is 45.3 Å². The third-order valence-corrected chi connectivity index (χ3v) is 6.27. The third-order valence-electron chi connectivity index (χ3n) is 5.40. The average Bonchev–Trinajstić information content (AvgIpc) is 3.26. The van der Waals surface area contributed by atoms with E-state index in [1.807, 2.05) is 29.2 Å². The molecule has 1 aliphatic rings. The van der Waals surface area contributed by atoms with Gasteiger partial charge < -0.3 is 30.3 Å². The van der Waals surface area contributed by atoms with E-state index >= 15 is 0 Å². The quantitative estimate of drug-likeness (QED) is 0.527. The van der Waals surface area contributed by atoms with E-state index in [1.165, 1.54) is 11.3 Å². The highest BCUT2D eigenvalue weighted by Crippen LogP contribution is 2.33. The summed E-state index contributed by atoms with van der Waals surface area (Å²) in [6.07, 6.45) is 0. The SMILES string of the molecule is CCOC(=O)c1csc2nc(N)nc(N3CCN(C(=O)NCc4ccc(OC)cc4)CC3)c12. The molecule has 1 aliphatic heterocycles. The molecule has 0 spiro atoms. The van der Waals surface area contributed by atoms with Crippen molar-refractivity contribution in [3.05, 3.63) is 40.8 Å². The number of nitrogen functional groups attached to an aromatic ring is 1. The summed E-state index contributed by atoms with van der Waals surface area (Å²) in [6, 6.07) is 7.45. The summed E-state index contributed by atoms with van der Waals surface area (Å²) in [5.41, 5.74) is 7.35. The highest BCUT2D eigenvalue weighted by atomic mass is 32.1. The lowest BCUT2D eigenvalue weighted by Crippen LogP contribution is -2.52. The van der Waals surface area contributed by atoms with Gasteiger partial charge in [-0.05, 0) is 24.6 Å². The molecule has 2 aromatic heterocycles. The number of urea groups is 1. The maximum Gasteiger partial charge on any atom is 0.339 e. The lowest BCUT2D eigenvalue weighted by atomic mass is 10.2. The van der Waals surface area contributed by atoms with Crippen molar-refractivity contribution in [1.82, 2.24) is 20.2 Å². The summed E-state index contributed by atoms with van der Waals surface area (Å²) in [7, 11) is 1.62. The summed E-state index contributed by atoms with van der Waals surface area (Å²) in [5.74, 6) is 1.11. The van der Waals surface area contributed by atoms with E-state index in [2.05, 4.69) is 15.3 Å². The fourth-order valence-electron chi connectivity index (χ4n) is 3.68. The Bertz CT molecular complexity index is 1140. The molecule has 0 bridgehead atoms. The Balaban J connectivity index is 1.42. The molecule has 33 heavy (non-hydrogen) atoms. The lowest BCUT2D eigenvalue weighted by Gasteiger charge is -2.35. The molecule has 11 heteroatoms. The van der Waals surface area contributed by atoms with E-state index in [0.29, 0.717) is 54.3 Å². The first kappa shape index (κ1) is 22.6. The van der Waals surface area contributed by atoms with Crippen LogP contribution in [0.5, 0.6) is 5.75 Å². The van der Waals surface area contributed by atoms with Gasteiger partial charge in [-0.2, -0.15) is 4.98 Å². The predicted octanol–water partition coefficient (Wildman–Crippen LogP) is 2.49. The zero-order valence-corrected chi connectivity index (χ0v) is 19.4. The standard InChI is InChI=1S/C22H26N6O4S/c1-3-32-20(29)16-13-33-19-17(16)18(25-21(23)26-19)27-8-10-28(11-9-27)22(30)24-12-14-4-6-15(31-2)7-5-14/h4-7,13H,3,8-12H2,1-2H3,(H,24,30)(H2,23,25,26). The highest BCUT2D eigenvalue weighted by molar-refractivity contribution is 7.17. The van der Waals surface area contributed by atoms with E-state index < -0.39 is 5.97 Å². The summed E-state index contributed by atoms with van der Waals surface area (Å²) in [4.78, 5) is 38.2. The van der Waals surface area contributed by atoms with E-state index in [-0.39, 0.29) is 18.6 Å². The number of benzene rings is 1. The minimum absolute atomic E-state index is 0.124. The first-order valence-corrected chi connectivity index (χ1v) is 11.5. The average molecular weight is 471 g/mol. The second-order valence-corrected chi connectivity index (χ2v) is 8.29. The second-order valence-electron chi connectivity index (χ2n) is 7.44. The second kappa shape index (κ2) is 9.90. The molecule has 4 rings (SSSR count). The van der Waals surface area contributed by atoms with Crippen LogP contribution in [0.2, 0.25) is 0 Å². The van der Waals surface area contributed by atoms with Crippen LogP contribution in [0, 0.1) is 0 Å². The van der Waals surface area contributed by atoms with Crippen molar-refractivity contribution < 1.29 is 19.1 Å². The van der Waals surface area contributed by atoms with E-state index in [9.17, 15) is 9.59 Å². The van der Waals surface area contributed by atoms with Crippen LogP contribution < -0.4 is 20.7 Å². The van der Waals surface area contributed by atoms with Crippen LogP contribution in [0.1, 0.15) is 22.8 Å². The molecule has 1 saturated heterocycles. The molecule has 3 heterocycles. The Morgan fingerprint density at radius 1 is 1.15 bits per heavy atom. The Kier molecular flexibility index (Phi) is 6.78. The van der Waals surface area contributed by atoms with Gasteiger partial charge in [0.25, 0.3) is 0 Å². The number of nitrogens with two attached hydrogens (primary N) is 1. The molecule has 0 atom stereocenters. The molecule has 0 unspecified atom stereocenters. The maximum atomic E-state index is 12.6. The third kappa shape index (κ3) is 4.92. The van der Waals surface area contributed by atoms with Crippen LogP contribution in [0.15, 0.2) is 29.6 Å².